The highest BCUT2D eigenvalue weighted by atomic mass is 35.5. The first-order chi connectivity index (χ1) is 5.25. The molecular weight excluding hydrogens is 176 g/mol. The first kappa shape index (κ1) is 8.57. The molecule has 1 rings (SSSR count). The number of allylic oxidation sites excluding steroid dienone is 2. The van der Waals surface area contributed by atoms with Crippen molar-refractivity contribution in [3.8, 4) is 0 Å². The summed E-state index contributed by atoms with van der Waals surface area (Å²) in [6.45, 7) is 5.60. The second-order valence-corrected chi connectivity index (χ2v) is 3.62. The van der Waals surface area contributed by atoms with Gasteiger partial charge >= 0.3 is 0 Å². The lowest BCUT2D eigenvalue weighted by atomic mass is 10.3. The zero-order valence-corrected chi connectivity index (χ0v) is 7.88. The van der Waals surface area contributed by atoms with Gasteiger partial charge in [0.25, 0.3) is 0 Å². The molecule has 2 heteroatoms. The highest BCUT2D eigenvalue weighted by molar-refractivity contribution is 7.10. The van der Waals surface area contributed by atoms with Gasteiger partial charge in [0, 0.05) is 10.4 Å². The van der Waals surface area contributed by atoms with Gasteiger partial charge in [-0.1, -0.05) is 36.4 Å². The molecule has 0 spiro atoms. The Balaban J connectivity index is 2.95. The number of halogens is 1. The lowest BCUT2D eigenvalue weighted by Crippen LogP contribution is -1.65. The minimum atomic E-state index is 0.855. The number of aryl methyl sites for hydroxylation is 1. The largest absolute Gasteiger partial charge is 0.147 e. The van der Waals surface area contributed by atoms with Gasteiger partial charge in [-0.05, 0) is 12.3 Å². The molecule has 0 aromatic carbocycles. The molecule has 0 saturated heterocycles. The molecule has 0 amide bonds. The van der Waals surface area contributed by atoms with Crippen LogP contribution < -0.4 is 0 Å². The molecule has 0 nitrogen and oxygen atoms in total. The Labute approximate surface area is 75.8 Å². The number of hydrogen-bond acceptors (Lipinski definition) is 1. The first-order valence-electron chi connectivity index (χ1n) is 3.28. The molecule has 58 valence electrons. The van der Waals surface area contributed by atoms with Crippen molar-refractivity contribution in [3.05, 3.63) is 39.6 Å². The summed E-state index contributed by atoms with van der Waals surface area (Å²) in [6, 6.07) is 0. The van der Waals surface area contributed by atoms with E-state index >= 15 is 0 Å². The van der Waals surface area contributed by atoms with Crippen LogP contribution in [-0.2, 0) is 0 Å². The molecule has 0 fully saturated rings. The third kappa shape index (κ3) is 1.95. The van der Waals surface area contributed by atoms with E-state index in [9.17, 15) is 0 Å². The smallest absolute Gasteiger partial charge is 0.0614 e. The van der Waals surface area contributed by atoms with Crippen LogP contribution in [0.1, 0.15) is 10.4 Å². The molecule has 0 aliphatic rings. The summed E-state index contributed by atoms with van der Waals surface area (Å²) in [6.07, 6.45) is 5.58. The first-order valence-corrected chi connectivity index (χ1v) is 4.54. The van der Waals surface area contributed by atoms with E-state index in [1.165, 1.54) is 0 Å². The summed E-state index contributed by atoms with van der Waals surface area (Å²) in [4.78, 5) is 1.16. The molecule has 1 aromatic heterocycles. The highest BCUT2D eigenvalue weighted by Gasteiger charge is 2.00. The fraction of sp³-hybridized carbons (Fsp3) is 0.111. The maximum Gasteiger partial charge on any atom is 0.0614 e. The van der Waals surface area contributed by atoms with Crippen molar-refractivity contribution in [2.75, 3.05) is 0 Å². The molecule has 0 unspecified atom stereocenters. The minimum absolute atomic E-state index is 0.855. The number of hydrogen-bond donors (Lipinski definition) is 0. The van der Waals surface area contributed by atoms with Gasteiger partial charge in [0.05, 0.1) is 5.02 Å². The molecule has 0 atom stereocenters. The fourth-order valence-corrected chi connectivity index (χ4v) is 1.78. The van der Waals surface area contributed by atoms with Crippen molar-refractivity contribution in [1.29, 1.82) is 0 Å². The van der Waals surface area contributed by atoms with E-state index in [2.05, 4.69) is 6.58 Å². The summed E-state index contributed by atoms with van der Waals surface area (Å²) < 4.78 is 0. The quantitative estimate of drug-likeness (QED) is 0.612. The van der Waals surface area contributed by atoms with Crippen LogP contribution in [0.5, 0.6) is 0 Å². The molecule has 0 saturated carbocycles. The van der Waals surface area contributed by atoms with Gasteiger partial charge in [-0.15, -0.1) is 11.3 Å². The van der Waals surface area contributed by atoms with Crippen LogP contribution in [0.2, 0.25) is 5.02 Å². The number of thiophene rings is 1. The summed E-state index contributed by atoms with van der Waals surface area (Å²) >= 11 is 7.63. The lowest BCUT2D eigenvalue weighted by molar-refractivity contribution is 1.62. The molecule has 1 aromatic rings. The molecule has 0 radical (unpaired) electrons. The molecule has 11 heavy (non-hydrogen) atoms. The third-order valence-electron chi connectivity index (χ3n) is 1.34. The van der Waals surface area contributed by atoms with Crippen molar-refractivity contribution in [1.82, 2.24) is 0 Å². The van der Waals surface area contributed by atoms with E-state index in [1.807, 2.05) is 24.5 Å². The highest BCUT2D eigenvalue weighted by Crippen LogP contribution is 2.27. The zero-order chi connectivity index (χ0) is 8.27. The van der Waals surface area contributed by atoms with Crippen LogP contribution in [0, 0.1) is 6.92 Å². The summed E-state index contributed by atoms with van der Waals surface area (Å²) in [5, 5.41) is 2.89. The summed E-state index contributed by atoms with van der Waals surface area (Å²) in [7, 11) is 0. The average molecular weight is 185 g/mol. The van der Waals surface area contributed by atoms with Crippen LogP contribution in [0.25, 0.3) is 6.08 Å². The van der Waals surface area contributed by atoms with Crippen LogP contribution in [0.4, 0.5) is 0 Å². The van der Waals surface area contributed by atoms with Crippen LogP contribution in [-0.4, -0.2) is 0 Å². The molecule has 0 aliphatic heterocycles. The standard InChI is InChI=1S/C9H9ClS/c1-3-4-5-8-6-11-7(2)9(8)10/h3-6H,1H2,2H3/b5-4-. The van der Waals surface area contributed by atoms with Gasteiger partial charge < -0.3 is 0 Å². The maximum atomic E-state index is 5.97. The summed E-state index contributed by atoms with van der Waals surface area (Å²) in [5.74, 6) is 0. The van der Waals surface area contributed by atoms with E-state index < -0.39 is 0 Å². The Kier molecular flexibility index (Phi) is 2.92. The van der Waals surface area contributed by atoms with Gasteiger partial charge in [0.15, 0.2) is 0 Å². The van der Waals surface area contributed by atoms with Crippen molar-refractivity contribution in [3.63, 3.8) is 0 Å². The van der Waals surface area contributed by atoms with Crippen molar-refractivity contribution in [2.24, 2.45) is 0 Å². The maximum absolute atomic E-state index is 5.97. The summed E-state index contributed by atoms with van der Waals surface area (Å²) in [5.41, 5.74) is 1.08. The second kappa shape index (κ2) is 3.74. The van der Waals surface area contributed by atoms with E-state index in [4.69, 9.17) is 11.6 Å². The Morgan fingerprint density at radius 1 is 1.64 bits per heavy atom. The van der Waals surface area contributed by atoms with Gasteiger partial charge in [0.1, 0.15) is 0 Å². The Hall–Kier alpha value is -0.530. The van der Waals surface area contributed by atoms with Gasteiger partial charge in [-0.25, -0.2) is 0 Å². The Morgan fingerprint density at radius 2 is 2.36 bits per heavy atom. The molecule has 1 heterocycles. The molecule has 0 N–H and O–H groups in total. The Bertz CT molecular complexity index is 284. The van der Waals surface area contributed by atoms with Crippen molar-refractivity contribution in [2.45, 2.75) is 6.92 Å². The lowest BCUT2D eigenvalue weighted by Gasteiger charge is -1.87. The molecular formula is C9H9ClS. The predicted octanol–water partition coefficient (Wildman–Crippen LogP) is 3.91. The topological polar surface area (TPSA) is 0 Å². The number of rotatable bonds is 2. The predicted molar refractivity (Wildman–Crippen MR) is 53.3 cm³/mol. The van der Waals surface area contributed by atoms with Gasteiger partial charge in [0.2, 0.25) is 0 Å². The normalized spacial score (nSPS) is 10.7. The minimum Gasteiger partial charge on any atom is -0.147 e. The molecule has 0 bridgehead atoms. The van der Waals surface area contributed by atoms with E-state index in [-0.39, 0.29) is 0 Å². The second-order valence-electron chi connectivity index (χ2n) is 2.16. The van der Waals surface area contributed by atoms with Crippen LogP contribution in [0.15, 0.2) is 24.1 Å². The zero-order valence-electron chi connectivity index (χ0n) is 6.30. The average Bonchev–Trinajstić information content (AvgIpc) is 2.31. The van der Waals surface area contributed by atoms with Crippen LogP contribution >= 0.6 is 22.9 Å². The monoisotopic (exact) mass is 184 g/mol. The van der Waals surface area contributed by atoms with E-state index in [0.717, 1.165) is 15.5 Å². The fourth-order valence-electron chi connectivity index (χ4n) is 0.743. The SMILES string of the molecule is C=C/C=C\c1csc(C)c1Cl. The van der Waals surface area contributed by atoms with Crippen LogP contribution in [0.3, 0.4) is 0 Å². The van der Waals surface area contributed by atoms with Gasteiger partial charge in [-0.3, -0.25) is 0 Å². The van der Waals surface area contributed by atoms with Crippen molar-refractivity contribution < 1.29 is 0 Å². The van der Waals surface area contributed by atoms with E-state index in [1.54, 1.807) is 17.4 Å². The Morgan fingerprint density at radius 3 is 2.82 bits per heavy atom. The van der Waals surface area contributed by atoms with Crippen molar-refractivity contribution >= 4 is 29.0 Å². The van der Waals surface area contributed by atoms with Gasteiger partial charge in [-0.2, -0.15) is 0 Å². The van der Waals surface area contributed by atoms with E-state index in [0.29, 0.717) is 0 Å². The third-order valence-corrected chi connectivity index (χ3v) is 2.88. The molecule has 0 aliphatic carbocycles.